The van der Waals surface area contributed by atoms with Crippen molar-refractivity contribution in [3.8, 4) is 28.5 Å². The number of nitrogens with zero attached hydrogens (tertiary/aromatic N) is 7. The number of carbonyl (C=O) groups is 3. The molecular formula is C44H54N10O6. The third-order valence-corrected chi connectivity index (χ3v) is 11.8. The number of ether oxygens (including phenoxy) is 3. The van der Waals surface area contributed by atoms with Gasteiger partial charge in [0.25, 0.3) is 5.91 Å². The Bertz CT molecular complexity index is 2460. The second kappa shape index (κ2) is 17.5. The maximum Gasteiger partial charge on any atom is 0.340 e. The molecule has 1 aromatic carbocycles. The van der Waals surface area contributed by atoms with Crippen LogP contribution < -0.4 is 21.1 Å². The number of aryl methyl sites for hydroxylation is 2. The molecule has 1 fully saturated rings. The fourth-order valence-electron chi connectivity index (χ4n) is 8.45. The summed E-state index contributed by atoms with van der Waals surface area (Å²) in [6.45, 7) is 10.1. The zero-order chi connectivity index (χ0) is 42.8. The Morgan fingerprint density at radius 2 is 1.35 bits per heavy atom. The molecule has 0 atom stereocenters. The van der Waals surface area contributed by atoms with Crippen molar-refractivity contribution < 1.29 is 28.6 Å². The molecule has 5 heterocycles. The number of piperidine rings is 1. The minimum absolute atomic E-state index is 0.108. The summed E-state index contributed by atoms with van der Waals surface area (Å²) in [4.78, 5) is 57.9. The Kier molecular flexibility index (Phi) is 12.2. The SMILES string of the molecule is CCOC(=O)c1c2c(n(C)c1C)-c1nc(N)ncc1CC2.CCOC(=O)c1c2c(n(C)c1C)-c1nc(Nc3ccc(C(=O)NC4CCN(C)CC4)cc3OC)ncc1CC2. The number of nitrogen functional groups attached to an aromatic ring is 1. The summed E-state index contributed by atoms with van der Waals surface area (Å²) < 4.78 is 20.1. The minimum Gasteiger partial charge on any atom is -0.495 e. The van der Waals surface area contributed by atoms with E-state index in [-0.39, 0.29) is 29.8 Å². The molecule has 0 radical (unpaired) electrons. The van der Waals surface area contributed by atoms with Crippen LogP contribution >= 0.6 is 0 Å². The highest BCUT2D eigenvalue weighted by atomic mass is 16.5. The molecule has 3 aliphatic rings. The van der Waals surface area contributed by atoms with Gasteiger partial charge >= 0.3 is 11.9 Å². The van der Waals surface area contributed by atoms with Crippen molar-refractivity contribution in [1.29, 1.82) is 0 Å². The number of likely N-dealkylation sites (tertiary alicyclic amines) is 1. The van der Waals surface area contributed by atoms with Crippen LogP contribution in [0.5, 0.6) is 5.75 Å². The molecule has 4 N–H and O–H groups in total. The number of rotatable bonds is 9. The molecule has 8 rings (SSSR count). The van der Waals surface area contributed by atoms with E-state index in [2.05, 4.69) is 37.5 Å². The van der Waals surface area contributed by atoms with Crippen LogP contribution in [0, 0.1) is 13.8 Å². The number of hydrogen-bond acceptors (Lipinski definition) is 13. The van der Waals surface area contributed by atoms with Crippen LogP contribution in [0.3, 0.4) is 0 Å². The summed E-state index contributed by atoms with van der Waals surface area (Å²) in [5.74, 6) is 0.499. The molecule has 0 bridgehead atoms. The molecule has 0 unspecified atom stereocenters. The highest BCUT2D eigenvalue weighted by Crippen LogP contribution is 2.39. The molecule has 316 valence electrons. The van der Waals surface area contributed by atoms with Gasteiger partial charge in [-0.1, -0.05) is 0 Å². The maximum atomic E-state index is 12.9. The number of aromatic nitrogens is 6. The van der Waals surface area contributed by atoms with E-state index in [9.17, 15) is 14.4 Å². The zero-order valence-corrected chi connectivity index (χ0v) is 35.7. The molecule has 16 heteroatoms. The Balaban J connectivity index is 0.000000218. The van der Waals surface area contributed by atoms with E-state index >= 15 is 0 Å². The maximum absolute atomic E-state index is 12.9. The Hall–Kier alpha value is -6.29. The van der Waals surface area contributed by atoms with Crippen LogP contribution in [0.2, 0.25) is 0 Å². The van der Waals surface area contributed by atoms with E-state index in [1.807, 2.05) is 63.2 Å². The van der Waals surface area contributed by atoms with E-state index < -0.39 is 0 Å². The number of carbonyl (C=O) groups excluding carboxylic acids is 3. The number of amides is 1. The molecule has 1 aliphatic heterocycles. The van der Waals surface area contributed by atoms with E-state index in [1.165, 1.54) is 0 Å². The van der Waals surface area contributed by atoms with E-state index in [0.29, 0.717) is 47.3 Å². The summed E-state index contributed by atoms with van der Waals surface area (Å²) in [6, 6.07) is 5.49. The average molecular weight is 819 g/mol. The van der Waals surface area contributed by atoms with Crippen molar-refractivity contribution in [2.24, 2.45) is 14.1 Å². The lowest BCUT2D eigenvalue weighted by molar-refractivity contribution is 0.0514. The first-order valence-electron chi connectivity index (χ1n) is 20.5. The topological polar surface area (TPSA) is 194 Å². The number of nitrogens with two attached hydrogens (primary N) is 1. The van der Waals surface area contributed by atoms with Crippen molar-refractivity contribution in [2.75, 3.05) is 51.5 Å². The highest BCUT2D eigenvalue weighted by Gasteiger charge is 2.32. The average Bonchev–Trinajstić information content (AvgIpc) is 3.66. The molecule has 1 saturated heterocycles. The lowest BCUT2D eigenvalue weighted by atomic mass is 9.92. The van der Waals surface area contributed by atoms with E-state index in [4.69, 9.17) is 24.9 Å². The van der Waals surface area contributed by atoms with Gasteiger partial charge in [0.15, 0.2) is 0 Å². The number of anilines is 3. The second-order valence-electron chi connectivity index (χ2n) is 15.4. The van der Waals surface area contributed by atoms with Crippen molar-refractivity contribution >= 4 is 35.4 Å². The monoisotopic (exact) mass is 818 g/mol. The summed E-state index contributed by atoms with van der Waals surface area (Å²) in [5, 5.41) is 6.40. The van der Waals surface area contributed by atoms with E-state index in [1.54, 1.807) is 25.4 Å². The predicted molar refractivity (Wildman–Crippen MR) is 228 cm³/mol. The van der Waals surface area contributed by atoms with Gasteiger partial charge in [-0.2, -0.15) is 0 Å². The first kappa shape index (κ1) is 41.9. The smallest absolute Gasteiger partial charge is 0.340 e. The Morgan fingerprint density at radius 1 is 0.800 bits per heavy atom. The van der Waals surface area contributed by atoms with E-state index in [0.717, 1.165) is 108 Å². The molecular weight excluding hydrogens is 765 g/mol. The number of hydrogen-bond donors (Lipinski definition) is 3. The van der Waals surface area contributed by atoms with Gasteiger partial charge in [-0.15, -0.1) is 0 Å². The number of esters is 2. The van der Waals surface area contributed by atoms with Gasteiger partial charge in [0.1, 0.15) is 5.75 Å². The van der Waals surface area contributed by atoms with Gasteiger partial charge in [-0.25, -0.2) is 29.5 Å². The lowest BCUT2D eigenvalue weighted by Crippen LogP contribution is -2.43. The van der Waals surface area contributed by atoms with Gasteiger partial charge in [-0.05, 0) is 127 Å². The largest absolute Gasteiger partial charge is 0.495 e. The molecule has 60 heavy (non-hydrogen) atoms. The van der Waals surface area contributed by atoms with Gasteiger partial charge in [0, 0.05) is 49.5 Å². The number of benzene rings is 1. The fraction of sp³-hybridized carbons (Fsp3) is 0.432. The third-order valence-electron chi connectivity index (χ3n) is 11.8. The Labute approximate surface area is 349 Å². The van der Waals surface area contributed by atoms with Gasteiger partial charge in [-0.3, -0.25) is 4.79 Å². The van der Waals surface area contributed by atoms with Crippen molar-refractivity contribution in [3.05, 3.63) is 80.9 Å². The summed E-state index contributed by atoms with van der Waals surface area (Å²) in [5.41, 5.74) is 17.5. The predicted octanol–water partition coefficient (Wildman–Crippen LogP) is 5.29. The summed E-state index contributed by atoms with van der Waals surface area (Å²) in [7, 11) is 7.55. The number of methoxy groups -OCH3 is 1. The molecule has 5 aromatic rings. The number of nitrogens with one attached hydrogen (secondary N) is 2. The minimum atomic E-state index is -0.299. The zero-order valence-electron chi connectivity index (χ0n) is 35.7. The fourth-order valence-corrected chi connectivity index (χ4v) is 8.45. The van der Waals surface area contributed by atoms with Gasteiger partial charge < -0.3 is 44.6 Å². The van der Waals surface area contributed by atoms with Crippen molar-refractivity contribution in [2.45, 2.75) is 72.3 Å². The molecule has 0 saturated carbocycles. The van der Waals surface area contributed by atoms with Gasteiger partial charge in [0.2, 0.25) is 11.9 Å². The quantitative estimate of drug-likeness (QED) is 0.163. The van der Waals surface area contributed by atoms with Crippen LogP contribution in [-0.2, 0) is 49.3 Å². The molecule has 1 amide bonds. The van der Waals surface area contributed by atoms with Gasteiger partial charge in [0.05, 0.1) is 59.9 Å². The summed E-state index contributed by atoms with van der Waals surface area (Å²) in [6.07, 6.45) is 8.54. The van der Waals surface area contributed by atoms with Crippen LogP contribution in [0.4, 0.5) is 17.6 Å². The lowest BCUT2D eigenvalue weighted by Gasteiger charge is -2.29. The third kappa shape index (κ3) is 8.03. The second-order valence-corrected chi connectivity index (χ2v) is 15.4. The first-order valence-corrected chi connectivity index (χ1v) is 20.5. The number of fused-ring (bicyclic) bond motifs is 6. The molecule has 16 nitrogen and oxygen atoms in total. The highest BCUT2D eigenvalue weighted by molar-refractivity contribution is 5.97. The van der Waals surface area contributed by atoms with Crippen LogP contribution in [0.1, 0.15) is 91.4 Å². The van der Waals surface area contributed by atoms with Crippen LogP contribution in [-0.4, -0.2) is 98.3 Å². The van der Waals surface area contributed by atoms with Crippen molar-refractivity contribution in [3.63, 3.8) is 0 Å². The standard InChI is InChI=1S/C29H36N6O4.C15H18N4O2/c1-6-39-28(37)24-17(2)35(4)26-21(24)9-7-19-16-30-29(33-25(19)26)32-22-10-8-18(15-23(22)38-5)27(36)31-20-11-13-34(3)14-12-20;1-4-21-14(20)11-8(2)19(3)13-10(11)6-5-9-7-17-15(16)18-12(9)13/h8,10,15-16,20H,6-7,9,11-14H2,1-5H3,(H,31,36)(H,30,32,33);7H,4-6H2,1-3H3,(H2,16,17,18). The normalized spacial score (nSPS) is 14.4. The molecule has 4 aromatic heterocycles. The van der Waals surface area contributed by atoms with Crippen LogP contribution in [0.15, 0.2) is 30.6 Å². The first-order chi connectivity index (χ1) is 28.8. The Morgan fingerprint density at radius 3 is 1.90 bits per heavy atom. The summed E-state index contributed by atoms with van der Waals surface area (Å²) >= 11 is 0. The molecule has 0 spiro atoms. The van der Waals surface area contributed by atoms with Crippen LogP contribution in [0.25, 0.3) is 22.8 Å². The molecule has 2 aliphatic carbocycles. The van der Waals surface area contributed by atoms with Crippen molar-refractivity contribution in [1.82, 2.24) is 39.3 Å².